The van der Waals surface area contributed by atoms with E-state index in [1.54, 1.807) is 24.3 Å². The van der Waals surface area contributed by atoms with Gasteiger partial charge in [-0.3, -0.25) is 4.79 Å². The fourth-order valence-electron chi connectivity index (χ4n) is 1.79. The van der Waals surface area contributed by atoms with Gasteiger partial charge in [0.05, 0.1) is 13.0 Å². The number of para-hydroxylation sites is 1. The van der Waals surface area contributed by atoms with Crippen molar-refractivity contribution in [1.29, 1.82) is 0 Å². The van der Waals surface area contributed by atoms with Gasteiger partial charge in [0.15, 0.2) is 0 Å². The van der Waals surface area contributed by atoms with E-state index >= 15 is 0 Å². The summed E-state index contributed by atoms with van der Waals surface area (Å²) in [5.41, 5.74) is 0.597. The monoisotopic (exact) mass is 276 g/mol. The Hall–Kier alpha value is -1.72. The van der Waals surface area contributed by atoms with Gasteiger partial charge in [0, 0.05) is 6.42 Å². The average molecular weight is 276 g/mol. The number of aliphatic carboxylic acids is 1. The van der Waals surface area contributed by atoms with Gasteiger partial charge in [0.25, 0.3) is 0 Å². The summed E-state index contributed by atoms with van der Waals surface area (Å²) in [6, 6.07) is 6.72. The van der Waals surface area contributed by atoms with Gasteiger partial charge >= 0.3 is 12.1 Å². The van der Waals surface area contributed by atoms with Crippen LogP contribution in [-0.2, 0) is 11.2 Å². The van der Waals surface area contributed by atoms with Crippen LogP contribution >= 0.6 is 0 Å². The van der Waals surface area contributed by atoms with Crippen LogP contribution in [0.3, 0.4) is 0 Å². The second kappa shape index (κ2) is 6.45. The van der Waals surface area contributed by atoms with Crippen LogP contribution in [0.4, 0.5) is 13.2 Å². The van der Waals surface area contributed by atoms with Crippen molar-refractivity contribution in [2.75, 3.05) is 7.11 Å². The Morgan fingerprint density at radius 3 is 2.53 bits per heavy atom. The van der Waals surface area contributed by atoms with E-state index in [4.69, 9.17) is 9.84 Å². The van der Waals surface area contributed by atoms with Crippen LogP contribution in [0, 0.1) is 5.92 Å². The van der Waals surface area contributed by atoms with Crippen molar-refractivity contribution in [1.82, 2.24) is 0 Å². The summed E-state index contributed by atoms with van der Waals surface area (Å²) in [7, 11) is 1.43. The largest absolute Gasteiger partial charge is 0.496 e. The normalized spacial score (nSPS) is 13.1. The molecule has 1 N–H and O–H groups in total. The van der Waals surface area contributed by atoms with Crippen LogP contribution in [0.1, 0.15) is 18.4 Å². The van der Waals surface area contributed by atoms with Crippen molar-refractivity contribution in [2.45, 2.75) is 25.4 Å². The molecule has 0 amide bonds. The zero-order chi connectivity index (χ0) is 14.5. The molecule has 106 valence electrons. The fraction of sp³-hybridized carbons (Fsp3) is 0.462. The van der Waals surface area contributed by atoms with Crippen molar-refractivity contribution >= 4 is 5.97 Å². The maximum atomic E-state index is 12.1. The maximum absolute atomic E-state index is 12.1. The second-order valence-electron chi connectivity index (χ2n) is 4.20. The lowest BCUT2D eigenvalue weighted by atomic mass is 9.94. The summed E-state index contributed by atoms with van der Waals surface area (Å²) in [6.07, 6.45) is -5.85. The highest BCUT2D eigenvalue weighted by Gasteiger charge is 2.30. The smallest absolute Gasteiger partial charge is 0.389 e. The lowest BCUT2D eigenvalue weighted by Gasteiger charge is -2.15. The van der Waals surface area contributed by atoms with Crippen LogP contribution in [0.2, 0.25) is 0 Å². The van der Waals surface area contributed by atoms with Crippen LogP contribution < -0.4 is 4.74 Å². The molecule has 0 aliphatic heterocycles. The molecule has 1 aromatic rings. The first-order valence-electron chi connectivity index (χ1n) is 5.75. The second-order valence-corrected chi connectivity index (χ2v) is 4.20. The number of methoxy groups -OCH3 is 1. The average Bonchev–Trinajstić information content (AvgIpc) is 2.33. The number of carbonyl (C=O) groups is 1. The Labute approximate surface area is 109 Å². The van der Waals surface area contributed by atoms with Gasteiger partial charge < -0.3 is 9.84 Å². The van der Waals surface area contributed by atoms with E-state index in [1.807, 2.05) is 0 Å². The highest BCUT2D eigenvalue weighted by atomic mass is 19.4. The Bertz CT molecular complexity index is 429. The molecule has 19 heavy (non-hydrogen) atoms. The molecule has 0 spiro atoms. The number of ether oxygens (including phenoxy) is 1. The SMILES string of the molecule is COc1ccccc1CC(CCC(F)(F)F)C(=O)O. The molecule has 0 saturated carbocycles. The standard InChI is InChI=1S/C13H15F3O3/c1-19-11-5-3-2-4-9(11)8-10(12(17)18)6-7-13(14,15)16/h2-5,10H,6-8H2,1H3,(H,17,18). The first-order valence-corrected chi connectivity index (χ1v) is 5.75. The molecule has 0 heterocycles. The quantitative estimate of drug-likeness (QED) is 0.867. The van der Waals surface area contributed by atoms with Crippen molar-refractivity contribution in [3.8, 4) is 5.75 Å². The summed E-state index contributed by atoms with van der Waals surface area (Å²) in [6.45, 7) is 0. The minimum atomic E-state index is -4.34. The van der Waals surface area contributed by atoms with Crippen LogP contribution in [0.15, 0.2) is 24.3 Å². The number of alkyl halides is 3. The molecule has 0 aliphatic rings. The lowest BCUT2D eigenvalue weighted by molar-refractivity contribution is -0.148. The first-order chi connectivity index (χ1) is 8.83. The molecule has 0 aliphatic carbocycles. The van der Waals surface area contributed by atoms with Gasteiger partial charge in [-0.2, -0.15) is 13.2 Å². The Kier molecular flexibility index (Phi) is 5.20. The zero-order valence-electron chi connectivity index (χ0n) is 10.4. The van der Waals surface area contributed by atoms with E-state index in [2.05, 4.69) is 0 Å². The molecule has 0 fully saturated rings. The zero-order valence-corrected chi connectivity index (χ0v) is 10.4. The van der Waals surface area contributed by atoms with E-state index in [9.17, 15) is 18.0 Å². The molecule has 6 heteroatoms. The van der Waals surface area contributed by atoms with Gasteiger partial charge in [0.1, 0.15) is 5.75 Å². The molecule has 0 radical (unpaired) electrons. The predicted octanol–water partition coefficient (Wildman–Crippen LogP) is 3.28. The number of benzene rings is 1. The van der Waals surface area contributed by atoms with E-state index in [0.717, 1.165) is 0 Å². The Morgan fingerprint density at radius 1 is 1.37 bits per heavy atom. The fourth-order valence-corrected chi connectivity index (χ4v) is 1.79. The molecule has 0 saturated heterocycles. The van der Waals surface area contributed by atoms with Crippen molar-refractivity contribution in [3.05, 3.63) is 29.8 Å². The molecular formula is C13H15F3O3. The highest BCUT2D eigenvalue weighted by Crippen LogP contribution is 2.28. The minimum Gasteiger partial charge on any atom is -0.496 e. The number of rotatable bonds is 6. The van der Waals surface area contributed by atoms with E-state index < -0.39 is 30.9 Å². The Morgan fingerprint density at radius 2 is 2.00 bits per heavy atom. The third-order valence-corrected chi connectivity index (χ3v) is 2.78. The maximum Gasteiger partial charge on any atom is 0.389 e. The van der Waals surface area contributed by atoms with Crippen molar-refractivity contribution in [3.63, 3.8) is 0 Å². The van der Waals surface area contributed by atoms with E-state index in [-0.39, 0.29) is 6.42 Å². The summed E-state index contributed by atoms with van der Waals surface area (Å²) in [5, 5.41) is 8.99. The van der Waals surface area contributed by atoms with Gasteiger partial charge in [-0.15, -0.1) is 0 Å². The lowest BCUT2D eigenvalue weighted by Crippen LogP contribution is -2.20. The van der Waals surface area contributed by atoms with Gasteiger partial charge in [-0.25, -0.2) is 0 Å². The highest BCUT2D eigenvalue weighted by molar-refractivity contribution is 5.70. The topological polar surface area (TPSA) is 46.5 Å². The molecule has 1 unspecified atom stereocenters. The van der Waals surface area contributed by atoms with Gasteiger partial charge in [-0.05, 0) is 24.5 Å². The van der Waals surface area contributed by atoms with Gasteiger partial charge in [0.2, 0.25) is 0 Å². The summed E-state index contributed by atoms with van der Waals surface area (Å²) in [5.74, 6) is -1.81. The third-order valence-electron chi connectivity index (χ3n) is 2.78. The molecule has 1 aromatic carbocycles. The number of carboxylic acids is 1. The number of halogens is 3. The van der Waals surface area contributed by atoms with Crippen LogP contribution in [0.5, 0.6) is 5.75 Å². The van der Waals surface area contributed by atoms with Gasteiger partial charge in [-0.1, -0.05) is 18.2 Å². The predicted molar refractivity (Wildman–Crippen MR) is 63.1 cm³/mol. The van der Waals surface area contributed by atoms with Crippen molar-refractivity contribution in [2.24, 2.45) is 5.92 Å². The van der Waals surface area contributed by atoms with Crippen LogP contribution in [-0.4, -0.2) is 24.4 Å². The van der Waals surface area contributed by atoms with E-state index in [0.29, 0.717) is 11.3 Å². The molecule has 1 rings (SSSR count). The minimum absolute atomic E-state index is 0.0232. The molecule has 3 nitrogen and oxygen atoms in total. The number of hydrogen-bond acceptors (Lipinski definition) is 2. The number of carboxylic acid groups (broad SMARTS) is 1. The van der Waals surface area contributed by atoms with E-state index in [1.165, 1.54) is 7.11 Å². The summed E-state index contributed by atoms with van der Waals surface area (Å²) < 4.78 is 41.5. The molecular weight excluding hydrogens is 261 g/mol. The number of hydrogen-bond donors (Lipinski definition) is 1. The van der Waals surface area contributed by atoms with Crippen molar-refractivity contribution < 1.29 is 27.8 Å². The summed E-state index contributed by atoms with van der Waals surface area (Å²) in [4.78, 5) is 11.0. The Balaban J connectivity index is 2.76. The molecule has 1 atom stereocenters. The molecule has 0 aromatic heterocycles. The summed E-state index contributed by atoms with van der Waals surface area (Å²) >= 11 is 0. The van der Waals surface area contributed by atoms with Crippen LogP contribution in [0.25, 0.3) is 0 Å². The molecule has 0 bridgehead atoms. The first kappa shape index (κ1) is 15.3. The third kappa shape index (κ3) is 5.19.